The van der Waals surface area contributed by atoms with Crippen LogP contribution >= 0.6 is 0 Å². The maximum absolute atomic E-state index is 12.0. The Balaban J connectivity index is 1.75. The zero-order valence-corrected chi connectivity index (χ0v) is 11.2. The molecule has 6 heteroatoms. The summed E-state index contributed by atoms with van der Waals surface area (Å²) in [6, 6.07) is 6.00. The molecule has 0 saturated heterocycles. The molecule has 1 aliphatic carbocycles. The molecular weight excluding hydrogens is 271 g/mol. The van der Waals surface area contributed by atoms with E-state index in [1.54, 1.807) is 0 Å². The summed E-state index contributed by atoms with van der Waals surface area (Å²) >= 11 is 0. The first-order valence-corrected chi connectivity index (χ1v) is 6.72. The van der Waals surface area contributed by atoms with Crippen molar-refractivity contribution in [1.29, 1.82) is 0 Å². The van der Waals surface area contributed by atoms with E-state index in [1.807, 2.05) is 0 Å². The Bertz CT molecular complexity index is 413. The van der Waals surface area contributed by atoms with Crippen LogP contribution < -0.4 is 14.8 Å². The molecule has 112 valence electrons. The van der Waals surface area contributed by atoms with Gasteiger partial charge in [0.25, 0.3) is 0 Å². The van der Waals surface area contributed by atoms with Gasteiger partial charge >= 0.3 is 6.36 Å². The monoisotopic (exact) mass is 289 g/mol. The van der Waals surface area contributed by atoms with E-state index in [-0.39, 0.29) is 11.9 Å². The van der Waals surface area contributed by atoms with Gasteiger partial charge in [0.1, 0.15) is 17.6 Å². The summed E-state index contributed by atoms with van der Waals surface area (Å²) in [5.41, 5.74) is 0. The van der Waals surface area contributed by atoms with Crippen molar-refractivity contribution < 1.29 is 22.6 Å². The van der Waals surface area contributed by atoms with E-state index >= 15 is 0 Å². The number of hydrogen-bond donors (Lipinski definition) is 1. The lowest BCUT2D eigenvalue weighted by molar-refractivity contribution is -0.274. The summed E-state index contributed by atoms with van der Waals surface area (Å²) in [5.74, 6) is 0.333. The highest BCUT2D eigenvalue weighted by Gasteiger charge is 2.32. The van der Waals surface area contributed by atoms with Crippen molar-refractivity contribution in [1.82, 2.24) is 5.32 Å². The Kier molecular flexibility index (Phi) is 4.75. The summed E-state index contributed by atoms with van der Waals surface area (Å²) in [7, 11) is 0. The van der Waals surface area contributed by atoms with E-state index in [9.17, 15) is 13.2 Å². The van der Waals surface area contributed by atoms with Crippen molar-refractivity contribution in [3.8, 4) is 11.5 Å². The van der Waals surface area contributed by atoms with Crippen molar-refractivity contribution in [2.45, 2.75) is 44.7 Å². The molecule has 0 radical (unpaired) electrons. The van der Waals surface area contributed by atoms with E-state index in [0.29, 0.717) is 11.8 Å². The maximum Gasteiger partial charge on any atom is 0.573 e. The number of nitrogens with one attached hydrogen (secondary N) is 1. The van der Waals surface area contributed by atoms with Crippen LogP contribution in [0.5, 0.6) is 11.5 Å². The molecule has 20 heavy (non-hydrogen) atoms. The molecule has 0 atom stereocenters. The van der Waals surface area contributed by atoms with Crippen LogP contribution in [0, 0.1) is 0 Å². The Morgan fingerprint density at radius 1 is 1.15 bits per heavy atom. The van der Waals surface area contributed by atoms with Crippen LogP contribution in [-0.4, -0.2) is 25.1 Å². The Morgan fingerprint density at radius 3 is 2.30 bits per heavy atom. The molecule has 0 spiro atoms. The minimum Gasteiger partial charge on any atom is -0.490 e. The first-order chi connectivity index (χ1) is 9.46. The van der Waals surface area contributed by atoms with Gasteiger partial charge in [-0.05, 0) is 50.1 Å². The van der Waals surface area contributed by atoms with Gasteiger partial charge in [-0.2, -0.15) is 0 Å². The fraction of sp³-hybridized carbons (Fsp3) is 0.571. The third-order valence-corrected chi connectivity index (χ3v) is 3.14. The van der Waals surface area contributed by atoms with Gasteiger partial charge in [-0.3, -0.25) is 0 Å². The molecule has 0 aromatic heterocycles. The molecule has 0 unspecified atom stereocenters. The van der Waals surface area contributed by atoms with Crippen LogP contribution in [0.3, 0.4) is 0 Å². The lowest BCUT2D eigenvalue weighted by Gasteiger charge is -2.36. The molecule has 1 saturated carbocycles. The molecule has 0 aliphatic heterocycles. The minimum atomic E-state index is -4.66. The zero-order valence-electron chi connectivity index (χ0n) is 11.2. The number of rotatable bonds is 6. The second kappa shape index (κ2) is 6.35. The molecule has 2 rings (SSSR count). The highest BCUT2D eigenvalue weighted by molar-refractivity contribution is 5.31. The number of halogens is 3. The lowest BCUT2D eigenvalue weighted by atomic mass is 9.89. The van der Waals surface area contributed by atoms with Crippen LogP contribution in [0.4, 0.5) is 13.2 Å². The molecule has 1 aromatic rings. The van der Waals surface area contributed by atoms with Gasteiger partial charge in [0.2, 0.25) is 0 Å². The normalized spacial score (nSPS) is 22.2. The van der Waals surface area contributed by atoms with E-state index in [4.69, 9.17) is 4.74 Å². The van der Waals surface area contributed by atoms with Gasteiger partial charge in [0.15, 0.2) is 0 Å². The second-order valence-electron chi connectivity index (χ2n) is 4.88. The third-order valence-electron chi connectivity index (χ3n) is 3.14. The van der Waals surface area contributed by atoms with E-state index < -0.39 is 6.36 Å². The van der Waals surface area contributed by atoms with E-state index in [0.717, 1.165) is 25.8 Å². The fourth-order valence-electron chi connectivity index (χ4n) is 2.09. The van der Waals surface area contributed by atoms with Crippen LogP contribution in [0.2, 0.25) is 0 Å². The van der Waals surface area contributed by atoms with Gasteiger partial charge in [-0.15, -0.1) is 13.2 Å². The fourth-order valence-corrected chi connectivity index (χ4v) is 2.09. The predicted octanol–water partition coefficient (Wildman–Crippen LogP) is 3.49. The van der Waals surface area contributed by atoms with E-state index in [1.165, 1.54) is 24.3 Å². The summed E-state index contributed by atoms with van der Waals surface area (Å²) in [6.07, 6.45) is -1.56. The minimum absolute atomic E-state index is 0.138. The van der Waals surface area contributed by atoms with Gasteiger partial charge in [0.05, 0.1) is 0 Å². The van der Waals surface area contributed by atoms with Gasteiger partial charge < -0.3 is 14.8 Å². The molecule has 1 fully saturated rings. The number of hydrogen-bond acceptors (Lipinski definition) is 3. The van der Waals surface area contributed by atoms with Crippen molar-refractivity contribution in [3.05, 3.63) is 24.3 Å². The highest BCUT2D eigenvalue weighted by atomic mass is 19.4. The van der Waals surface area contributed by atoms with Gasteiger partial charge in [-0.1, -0.05) is 6.92 Å². The van der Waals surface area contributed by atoms with Crippen molar-refractivity contribution in [3.63, 3.8) is 0 Å². The average Bonchev–Trinajstić information content (AvgIpc) is 2.32. The van der Waals surface area contributed by atoms with Crippen molar-refractivity contribution in [2.24, 2.45) is 0 Å². The first-order valence-electron chi connectivity index (χ1n) is 6.72. The summed E-state index contributed by atoms with van der Waals surface area (Å²) in [4.78, 5) is 0. The molecule has 0 heterocycles. The number of alkyl halides is 3. The SMILES string of the molecule is CCCNC1CC(Oc2ccc(OC(F)(F)F)cc2)C1. The molecular formula is C14H18F3NO2. The largest absolute Gasteiger partial charge is 0.573 e. The highest BCUT2D eigenvalue weighted by Crippen LogP contribution is 2.28. The summed E-state index contributed by atoms with van der Waals surface area (Å²) in [6.45, 7) is 3.12. The topological polar surface area (TPSA) is 30.5 Å². The lowest BCUT2D eigenvalue weighted by Crippen LogP contribution is -2.46. The standard InChI is InChI=1S/C14H18F3NO2/c1-2-7-18-10-8-13(9-10)19-11-3-5-12(6-4-11)20-14(15,16)17/h3-6,10,13,18H,2,7-9H2,1H3. The Labute approximate surface area is 116 Å². The zero-order chi connectivity index (χ0) is 14.6. The number of benzene rings is 1. The molecule has 1 aliphatic rings. The van der Waals surface area contributed by atoms with Gasteiger partial charge in [-0.25, -0.2) is 0 Å². The van der Waals surface area contributed by atoms with Crippen LogP contribution in [0.25, 0.3) is 0 Å². The first kappa shape index (κ1) is 15.0. The van der Waals surface area contributed by atoms with Crippen LogP contribution in [0.15, 0.2) is 24.3 Å². The Morgan fingerprint density at radius 2 is 1.75 bits per heavy atom. The smallest absolute Gasteiger partial charge is 0.490 e. The van der Waals surface area contributed by atoms with Crippen molar-refractivity contribution >= 4 is 0 Å². The number of ether oxygens (including phenoxy) is 2. The summed E-state index contributed by atoms with van der Waals surface area (Å²) in [5, 5.41) is 3.39. The molecule has 3 nitrogen and oxygen atoms in total. The average molecular weight is 289 g/mol. The maximum atomic E-state index is 12.0. The molecule has 1 N–H and O–H groups in total. The van der Waals surface area contributed by atoms with Crippen LogP contribution in [0.1, 0.15) is 26.2 Å². The van der Waals surface area contributed by atoms with Gasteiger partial charge in [0, 0.05) is 6.04 Å². The molecule has 0 bridgehead atoms. The third kappa shape index (κ3) is 4.59. The second-order valence-corrected chi connectivity index (χ2v) is 4.88. The Hall–Kier alpha value is -1.43. The van der Waals surface area contributed by atoms with E-state index in [2.05, 4.69) is 17.0 Å². The predicted molar refractivity (Wildman–Crippen MR) is 68.9 cm³/mol. The van der Waals surface area contributed by atoms with Crippen LogP contribution in [-0.2, 0) is 0 Å². The molecule has 0 amide bonds. The summed E-state index contributed by atoms with van der Waals surface area (Å²) < 4.78 is 45.5. The molecule has 1 aromatic carbocycles. The van der Waals surface area contributed by atoms with Crippen molar-refractivity contribution in [2.75, 3.05) is 6.54 Å². The quantitative estimate of drug-likeness (QED) is 0.869.